The van der Waals surface area contributed by atoms with Gasteiger partial charge in [-0.1, -0.05) is 168 Å². The maximum Gasteiger partial charge on any atom is 0.120 e. The third kappa shape index (κ3) is 13.1. The molecule has 3 radical (unpaired) electrons. The molecule has 0 N–H and O–H groups in total. The molecule has 13 aromatic rings. The van der Waals surface area contributed by atoms with E-state index in [1.165, 1.54) is 39.6 Å². The smallest absolute Gasteiger partial charge is 0.120 e. The molecule has 1 unspecified atom stereocenters. The van der Waals surface area contributed by atoms with E-state index in [9.17, 15) is 0 Å². The van der Waals surface area contributed by atoms with Crippen molar-refractivity contribution < 1.29 is 71.6 Å². The summed E-state index contributed by atoms with van der Waals surface area (Å²) in [5, 5.41) is 2.24. The molecule has 0 amide bonds. The minimum Gasteiger partial charge on any atom is -0.501 e. The molecule has 385 valence electrons. The van der Waals surface area contributed by atoms with Gasteiger partial charge < -0.3 is 24.4 Å². The number of aryl methyl sites for hydroxylation is 1. The van der Waals surface area contributed by atoms with E-state index in [-0.39, 0.29) is 96.0 Å². The molecule has 0 saturated carbocycles. The van der Waals surface area contributed by atoms with Crippen LogP contribution >= 0.6 is 0 Å². The number of fused-ring (bicyclic) bond motifs is 6. The monoisotopic (exact) mass is 1540 g/mol. The summed E-state index contributed by atoms with van der Waals surface area (Å²) in [6.45, 7) is 2.06. The van der Waals surface area contributed by atoms with Gasteiger partial charge in [-0.25, -0.2) is 0 Å². The summed E-state index contributed by atoms with van der Waals surface area (Å²) >= 11 is 0. The quantitative estimate of drug-likeness (QED) is 0.155. The molecule has 8 heteroatoms. The number of pyridine rings is 4. The van der Waals surface area contributed by atoms with Gasteiger partial charge in [-0.3, -0.25) is 0 Å². The van der Waals surface area contributed by atoms with Gasteiger partial charge in [0.05, 0.1) is 12.4 Å². The SMILES string of the molecule is Cc1ccnc(-c2[c-]ccc3c2oc2ccccc23)c1.[2H]c1c([2H])c([2H])c(-c2ccc(-c3[c-]cccc3)nc2)c([2H])c1[2H].[Ir].[Ir].[Ir].[c-]1cc2c(cc1-c1ccccn1)-c1ccccc1C2c1ccccc1.[c-]1ccccc1-c1ccccn1. The van der Waals surface area contributed by atoms with Crippen LogP contribution in [0.5, 0.6) is 0 Å². The van der Waals surface area contributed by atoms with Gasteiger partial charge in [-0.05, 0) is 81.8 Å². The minimum atomic E-state index is -0.396. The first-order valence-electron chi connectivity index (χ1n) is 27.0. The second kappa shape index (κ2) is 27.4. The Labute approximate surface area is 503 Å². The predicted molar refractivity (Wildman–Crippen MR) is 304 cm³/mol. The molecule has 78 heavy (non-hydrogen) atoms. The van der Waals surface area contributed by atoms with E-state index in [0.717, 1.165) is 61.3 Å². The van der Waals surface area contributed by atoms with Crippen molar-refractivity contribution in [1.29, 1.82) is 0 Å². The van der Waals surface area contributed by atoms with Gasteiger partial charge >= 0.3 is 0 Å². The molecule has 0 spiro atoms. The van der Waals surface area contributed by atoms with Crippen molar-refractivity contribution in [1.82, 2.24) is 19.9 Å². The van der Waals surface area contributed by atoms with Gasteiger partial charge in [0.15, 0.2) is 0 Å². The van der Waals surface area contributed by atoms with E-state index in [2.05, 4.69) is 130 Å². The standard InChI is InChI=1S/C24H16N.C18H12NO.C17H12N.C11H8N.3Ir/c1-2-8-17(9-3-1)24-20-11-5-4-10-19(20)22-16-18(13-14-21(22)24)23-12-6-7-15-25-23;1-12-9-10-19-16(11-12)15-7-4-6-14-13-5-2-3-8-17(13)20-18(14)15;1-3-7-14(8-4-1)16-11-12-17(18-13-16)15-9-5-2-6-10-15;1-2-6-10(7-3-1)11-8-4-5-9-12-11;;;/h1-12,14-16,24H;2-6,8-11H,1H3;1-9,11-13H;1-6,8-9H;;;/q4*-1;;;/i;;1D,3D,4D,7D,8D;;;;. The summed E-state index contributed by atoms with van der Waals surface area (Å²) in [6.07, 6.45) is 6.96. The Morgan fingerprint density at radius 2 is 1.09 bits per heavy atom. The Balaban J connectivity index is 0.000000146. The molecule has 0 bridgehead atoms. The fourth-order valence-corrected chi connectivity index (χ4v) is 9.09. The molecule has 5 nitrogen and oxygen atoms in total. The average Bonchev–Trinajstić information content (AvgIpc) is 3.82. The Morgan fingerprint density at radius 1 is 0.449 bits per heavy atom. The van der Waals surface area contributed by atoms with Crippen LogP contribution in [0.2, 0.25) is 0 Å². The van der Waals surface area contributed by atoms with Crippen molar-refractivity contribution in [3.8, 4) is 67.3 Å². The fourth-order valence-electron chi connectivity index (χ4n) is 9.09. The first-order chi connectivity index (χ1) is 39.2. The van der Waals surface area contributed by atoms with Gasteiger partial charge in [0.25, 0.3) is 0 Å². The summed E-state index contributed by atoms with van der Waals surface area (Å²) in [4.78, 5) is 17.5. The number of hydrogen-bond acceptors (Lipinski definition) is 5. The molecular weight excluding hydrogens is 1490 g/mol. The van der Waals surface area contributed by atoms with Crippen LogP contribution in [0.1, 0.15) is 35.0 Å². The second-order valence-corrected chi connectivity index (χ2v) is 17.5. The maximum absolute atomic E-state index is 7.98. The zero-order valence-corrected chi connectivity index (χ0v) is 49.0. The summed E-state index contributed by atoms with van der Waals surface area (Å²) in [5.74, 6) is 0.279. The van der Waals surface area contributed by atoms with Crippen LogP contribution < -0.4 is 0 Å². The summed E-state index contributed by atoms with van der Waals surface area (Å²) in [5.41, 5.74) is 17.6. The zero-order chi connectivity index (χ0) is 55.0. The van der Waals surface area contributed by atoms with Gasteiger partial charge in [0.1, 0.15) is 5.58 Å². The van der Waals surface area contributed by atoms with E-state index in [4.69, 9.17) is 11.3 Å². The van der Waals surface area contributed by atoms with Crippen molar-refractivity contribution in [2.24, 2.45) is 0 Å². The van der Waals surface area contributed by atoms with Gasteiger partial charge in [-0.2, -0.15) is 0 Å². The molecule has 14 rings (SSSR count). The first-order valence-corrected chi connectivity index (χ1v) is 24.5. The van der Waals surface area contributed by atoms with Gasteiger partial charge in [0, 0.05) is 96.4 Å². The van der Waals surface area contributed by atoms with Crippen molar-refractivity contribution in [3.05, 3.63) is 314 Å². The van der Waals surface area contributed by atoms with Crippen LogP contribution in [-0.4, -0.2) is 19.9 Å². The average molecular weight is 1540 g/mol. The Morgan fingerprint density at radius 3 is 1.76 bits per heavy atom. The van der Waals surface area contributed by atoms with Crippen LogP contribution in [-0.2, 0) is 60.3 Å². The third-order valence-corrected chi connectivity index (χ3v) is 12.6. The van der Waals surface area contributed by atoms with E-state index in [1.807, 2.05) is 128 Å². The van der Waals surface area contributed by atoms with E-state index >= 15 is 0 Å². The van der Waals surface area contributed by atoms with Crippen LogP contribution in [0.15, 0.2) is 272 Å². The van der Waals surface area contributed by atoms with Crippen LogP contribution in [0.25, 0.3) is 89.2 Å². The Hall–Kier alpha value is -7.89. The van der Waals surface area contributed by atoms with E-state index in [1.54, 1.807) is 24.4 Å². The van der Waals surface area contributed by atoms with Crippen LogP contribution in [0.4, 0.5) is 0 Å². The largest absolute Gasteiger partial charge is 0.501 e. The molecule has 5 aromatic heterocycles. The number of nitrogens with zero attached hydrogens (tertiary/aromatic N) is 4. The molecule has 5 heterocycles. The molecule has 0 aliphatic heterocycles. The minimum absolute atomic E-state index is 0. The second-order valence-electron chi connectivity index (χ2n) is 17.5. The van der Waals surface area contributed by atoms with Crippen molar-refractivity contribution in [2.45, 2.75) is 12.8 Å². The summed E-state index contributed by atoms with van der Waals surface area (Å²) in [7, 11) is 0. The topological polar surface area (TPSA) is 64.7 Å². The number of aromatic nitrogens is 4. The zero-order valence-electron chi connectivity index (χ0n) is 46.8. The maximum atomic E-state index is 7.98. The molecule has 0 fully saturated rings. The molecule has 1 aliphatic carbocycles. The summed E-state index contributed by atoms with van der Waals surface area (Å²) in [6, 6.07) is 81.9. The van der Waals surface area contributed by atoms with E-state index in [0.29, 0.717) is 11.3 Å². The molecule has 8 aromatic carbocycles. The molecule has 1 atom stereocenters. The predicted octanol–water partition coefficient (Wildman–Crippen LogP) is 17.2. The van der Waals surface area contributed by atoms with Gasteiger partial charge in [-0.15, -0.1) is 119 Å². The van der Waals surface area contributed by atoms with Crippen molar-refractivity contribution in [2.75, 3.05) is 0 Å². The molecular formula is C70H48Ir3N4O-4. The van der Waals surface area contributed by atoms with E-state index < -0.39 is 6.04 Å². The van der Waals surface area contributed by atoms with Crippen molar-refractivity contribution >= 4 is 21.9 Å². The number of hydrogen-bond donors (Lipinski definition) is 0. The molecule has 1 aliphatic rings. The number of rotatable bonds is 6. The fraction of sp³-hybridized carbons (Fsp3) is 0.0286. The first kappa shape index (κ1) is 49.7. The number of benzene rings is 8. The summed E-state index contributed by atoms with van der Waals surface area (Å²) < 4.78 is 45.1. The van der Waals surface area contributed by atoms with Gasteiger partial charge in [0.2, 0.25) is 0 Å². The Bertz CT molecular complexity index is 4190. The van der Waals surface area contributed by atoms with Crippen LogP contribution in [0, 0.1) is 31.2 Å². The normalized spacial score (nSPS) is 12.4. The molecule has 0 saturated heterocycles. The van der Waals surface area contributed by atoms with Crippen molar-refractivity contribution in [3.63, 3.8) is 0 Å². The Kier molecular flexibility index (Phi) is 17.5. The third-order valence-electron chi connectivity index (χ3n) is 12.6. The van der Waals surface area contributed by atoms with Crippen LogP contribution in [0.3, 0.4) is 0 Å². The number of furan rings is 1. The number of para-hydroxylation sites is 1.